The van der Waals surface area contributed by atoms with E-state index in [1.54, 1.807) is 18.2 Å². The van der Waals surface area contributed by atoms with E-state index in [4.69, 9.17) is 14.6 Å². The first-order valence-electron chi connectivity index (χ1n) is 7.62. The normalized spacial score (nSPS) is 13.7. The van der Waals surface area contributed by atoms with Crippen LogP contribution in [0, 0.1) is 0 Å². The number of carboxylic acid groups (broad SMARTS) is 1. The summed E-state index contributed by atoms with van der Waals surface area (Å²) in [7, 11) is 0. The maximum atomic E-state index is 13.3. The van der Waals surface area contributed by atoms with E-state index in [9.17, 15) is 22.8 Å². The van der Waals surface area contributed by atoms with Crippen molar-refractivity contribution in [1.82, 2.24) is 14.6 Å². The number of H-pyrrole nitrogens is 1. The van der Waals surface area contributed by atoms with Crippen molar-refractivity contribution < 1.29 is 32.5 Å². The number of nitrogens with one attached hydrogen (secondary N) is 1. The fourth-order valence-corrected chi connectivity index (χ4v) is 2.86. The Bertz CT molecular complexity index is 1130. The molecule has 11 heteroatoms. The molecule has 0 amide bonds. The van der Waals surface area contributed by atoms with Crippen LogP contribution in [0.2, 0.25) is 0 Å². The van der Waals surface area contributed by atoms with Crippen LogP contribution >= 0.6 is 0 Å². The highest BCUT2D eigenvalue weighted by atomic mass is 19.4. The van der Waals surface area contributed by atoms with E-state index < -0.39 is 34.5 Å². The highest BCUT2D eigenvalue weighted by molar-refractivity contribution is 5.90. The lowest BCUT2D eigenvalue weighted by Gasteiger charge is -2.18. The summed E-state index contributed by atoms with van der Waals surface area (Å²) in [6.45, 7) is 0.725. The Morgan fingerprint density at radius 2 is 1.93 bits per heavy atom. The van der Waals surface area contributed by atoms with E-state index in [2.05, 4.69) is 10.1 Å². The van der Waals surface area contributed by atoms with Crippen molar-refractivity contribution in [2.45, 2.75) is 6.18 Å². The largest absolute Gasteiger partial charge is 0.486 e. The van der Waals surface area contributed by atoms with Crippen molar-refractivity contribution in [2.75, 3.05) is 13.2 Å². The van der Waals surface area contributed by atoms with Gasteiger partial charge in [-0.15, -0.1) is 0 Å². The molecule has 0 unspecified atom stereocenters. The van der Waals surface area contributed by atoms with Gasteiger partial charge in [-0.2, -0.15) is 18.3 Å². The molecule has 2 N–H and O–H groups in total. The van der Waals surface area contributed by atoms with Crippen LogP contribution in [0.1, 0.15) is 16.1 Å². The maximum absolute atomic E-state index is 13.3. The van der Waals surface area contributed by atoms with E-state index in [-0.39, 0.29) is 5.69 Å². The Kier molecular flexibility index (Phi) is 3.61. The topological polar surface area (TPSA) is 106 Å². The molecular formula is C16H10F3N3O5. The molecule has 0 atom stereocenters. The van der Waals surface area contributed by atoms with Gasteiger partial charge in [-0.05, 0) is 18.2 Å². The number of carboxylic acids is 1. The summed E-state index contributed by atoms with van der Waals surface area (Å²) < 4.78 is 51.2. The van der Waals surface area contributed by atoms with Crippen LogP contribution in [-0.4, -0.2) is 38.9 Å². The molecule has 1 aromatic carbocycles. The van der Waals surface area contributed by atoms with Crippen molar-refractivity contribution in [1.29, 1.82) is 0 Å². The number of nitrogens with zero attached hydrogens (tertiary/aromatic N) is 2. The van der Waals surface area contributed by atoms with Gasteiger partial charge >= 0.3 is 12.1 Å². The van der Waals surface area contributed by atoms with Crippen LogP contribution in [0.4, 0.5) is 13.2 Å². The summed E-state index contributed by atoms with van der Waals surface area (Å²) in [5, 5.41) is 12.5. The van der Waals surface area contributed by atoms with Crippen LogP contribution in [-0.2, 0) is 6.18 Å². The Morgan fingerprint density at radius 1 is 1.22 bits per heavy atom. The molecule has 8 nitrogen and oxygen atoms in total. The maximum Gasteiger partial charge on any atom is 0.421 e. The molecule has 0 fully saturated rings. The second kappa shape index (κ2) is 5.76. The van der Waals surface area contributed by atoms with Crippen molar-refractivity contribution in [3.8, 4) is 22.8 Å². The summed E-state index contributed by atoms with van der Waals surface area (Å²) in [6, 6.07) is 4.73. The Balaban J connectivity index is 1.93. The molecule has 0 saturated carbocycles. The first-order valence-corrected chi connectivity index (χ1v) is 7.62. The molecule has 3 aromatic rings. The number of fused-ring (bicyclic) bond motifs is 2. The summed E-state index contributed by atoms with van der Waals surface area (Å²) >= 11 is 0. The number of alkyl halides is 3. The van der Waals surface area contributed by atoms with Gasteiger partial charge in [-0.1, -0.05) is 0 Å². The summed E-state index contributed by atoms with van der Waals surface area (Å²) in [6.07, 6.45) is -3.94. The van der Waals surface area contributed by atoms with Crippen molar-refractivity contribution in [3.63, 3.8) is 0 Å². The molecule has 4 rings (SSSR count). The van der Waals surface area contributed by atoms with E-state index in [0.717, 1.165) is 6.20 Å². The number of aromatic amines is 1. The molecule has 0 aliphatic carbocycles. The zero-order valence-electron chi connectivity index (χ0n) is 13.3. The standard InChI is InChI=1S/C16H10F3N3O5/c17-16(18,19)11-12(15(24)25)21-22-6-8(20-14(23)13(11)22)7-1-2-9-10(5-7)27-4-3-26-9/h1-2,5-6H,3-4H2,(H,20,23)(H,24,25). The average Bonchev–Trinajstić information content (AvgIpc) is 3.02. The molecular weight excluding hydrogens is 371 g/mol. The molecule has 0 saturated heterocycles. The van der Waals surface area contributed by atoms with Crippen LogP contribution in [0.5, 0.6) is 11.5 Å². The fraction of sp³-hybridized carbons (Fsp3) is 0.188. The van der Waals surface area contributed by atoms with E-state index in [1.807, 2.05) is 0 Å². The lowest BCUT2D eigenvalue weighted by molar-refractivity contribution is -0.136. The SMILES string of the molecule is O=C(O)c1nn2cc(-c3ccc4c(c3)OCCO4)[nH]c(=O)c2c1C(F)(F)F. The fourth-order valence-electron chi connectivity index (χ4n) is 2.86. The van der Waals surface area contributed by atoms with Gasteiger partial charge in [-0.25, -0.2) is 9.31 Å². The monoisotopic (exact) mass is 381 g/mol. The quantitative estimate of drug-likeness (QED) is 0.705. The van der Waals surface area contributed by atoms with Gasteiger partial charge in [0.25, 0.3) is 5.56 Å². The Morgan fingerprint density at radius 3 is 2.59 bits per heavy atom. The number of carbonyl (C=O) groups is 1. The van der Waals surface area contributed by atoms with Crippen LogP contribution in [0.3, 0.4) is 0 Å². The first kappa shape index (κ1) is 16.9. The molecule has 0 bridgehead atoms. The van der Waals surface area contributed by atoms with Gasteiger partial charge < -0.3 is 19.6 Å². The number of hydrogen-bond donors (Lipinski definition) is 2. The Labute approximate surface area is 147 Å². The zero-order valence-corrected chi connectivity index (χ0v) is 13.3. The third kappa shape index (κ3) is 2.76. The molecule has 0 radical (unpaired) electrons. The van der Waals surface area contributed by atoms with E-state index in [0.29, 0.717) is 34.8 Å². The number of aromatic nitrogens is 3. The van der Waals surface area contributed by atoms with Crippen LogP contribution < -0.4 is 15.0 Å². The van der Waals surface area contributed by atoms with Crippen LogP contribution in [0.15, 0.2) is 29.2 Å². The number of benzene rings is 1. The predicted molar refractivity (Wildman–Crippen MR) is 84.2 cm³/mol. The predicted octanol–water partition coefficient (Wildman–Crippen LogP) is 2.18. The lowest BCUT2D eigenvalue weighted by Crippen LogP contribution is -2.17. The van der Waals surface area contributed by atoms with Gasteiger partial charge in [0.1, 0.15) is 24.3 Å². The molecule has 2 aromatic heterocycles. The summed E-state index contributed by atoms with van der Waals surface area (Å²) in [5.41, 5.74) is -4.27. The number of ether oxygens (including phenoxy) is 2. The molecule has 1 aliphatic heterocycles. The third-order valence-electron chi connectivity index (χ3n) is 3.96. The average molecular weight is 381 g/mol. The summed E-state index contributed by atoms with van der Waals surface area (Å²) in [5.74, 6) is -0.964. The van der Waals surface area contributed by atoms with Gasteiger partial charge in [0.2, 0.25) is 0 Å². The first-order chi connectivity index (χ1) is 12.8. The number of aromatic carboxylic acids is 1. The second-order valence-corrected chi connectivity index (χ2v) is 5.68. The number of hydrogen-bond acceptors (Lipinski definition) is 5. The smallest absolute Gasteiger partial charge is 0.421 e. The van der Waals surface area contributed by atoms with Crippen LogP contribution in [0.25, 0.3) is 16.8 Å². The molecule has 3 heterocycles. The minimum Gasteiger partial charge on any atom is -0.486 e. The van der Waals surface area contributed by atoms with Gasteiger partial charge in [0.05, 0.1) is 11.9 Å². The summed E-state index contributed by atoms with van der Waals surface area (Å²) in [4.78, 5) is 25.8. The van der Waals surface area contributed by atoms with Gasteiger partial charge in [0.15, 0.2) is 17.2 Å². The molecule has 27 heavy (non-hydrogen) atoms. The van der Waals surface area contributed by atoms with Gasteiger partial charge in [0, 0.05) is 5.56 Å². The van der Waals surface area contributed by atoms with E-state index >= 15 is 0 Å². The molecule has 0 spiro atoms. The number of rotatable bonds is 2. The molecule has 1 aliphatic rings. The second-order valence-electron chi connectivity index (χ2n) is 5.68. The van der Waals surface area contributed by atoms with E-state index in [1.165, 1.54) is 0 Å². The van der Waals surface area contributed by atoms with Gasteiger partial charge in [-0.3, -0.25) is 4.79 Å². The third-order valence-corrected chi connectivity index (χ3v) is 3.96. The van der Waals surface area contributed by atoms with Crippen molar-refractivity contribution in [2.24, 2.45) is 0 Å². The van der Waals surface area contributed by atoms with Crippen molar-refractivity contribution >= 4 is 11.5 Å². The van der Waals surface area contributed by atoms with Crippen molar-refractivity contribution in [3.05, 3.63) is 46.0 Å². The highest BCUT2D eigenvalue weighted by Crippen LogP contribution is 2.36. The highest BCUT2D eigenvalue weighted by Gasteiger charge is 2.41. The number of halogens is 3. The zero-order chi connectivity index (χ0) is 19.3. The minimum atomic E-state index is -5.05. The molecule has 140 valence electrons. The Hall–Kier alpha value is -3.50. The minimum absolute atomic E-state index is 0.137. The lowest BCUT2D eigenvalue weighted by atomic mass is 10.1.